The van der Waals surface area contributed by atoms with Gasteiger partial charge in [-0.15, -0.1) is 0 Å². The van der Waals surface area contributed by atoms with E-state index in [1.807, 2.05) is 0 Å². The first-order valence-corrected chi connectivity index (χ1v) is 31.6. The van der Waals surface area contributed by atoms with Crippen LogP contribution < -0.4 is 5.73 Å². The predicted molar refractivity (Wildman–Crippen MR) is 303 cm³/mol. The Labute approximate surface area is 438 Å². The van der Waals surface area contributed by atoms with Crippen molar-refractivity contribution in [2.75, 3.05) is 26.4 Å². The number of hydrogen-bond acceptors (Lipinski definition) is 8. The number of phosphoric acid groups is 1. The van der Waals surface area contributed by atoms with Crippen LogP contribution in [-0.4, -0.2) is 49.3 Å². The van der Waals surface area contributed by atoms with Crippen LogP contribution in [0.25, 0.3) is 0 Å². The van der Waals surface area contributed by atoms with Gasteiger partial charge < -0.3 is 20.1 Å². The average Bonchev–Trinajstić information content (AvgIpc) is 3.36. The number of phosphoric ester groups is 1. The first-order chi connectivity index (χ1) is 34.8. The summed E-state index contributed by atoms with van der Waals surface area (Å²) in [6, 6.07) is 0. The van der Waals surface area contributed by atoms with Crippen molar-refractivity contribution in [3.8, 4) is 0 Å². The fourth-order valence-electron chi connectivity index (χ4n) is 8.70. The topological polar surface area (TPSA) is 134 Å². The molecule has 0 aromatic carbocycles. The van der Waals surface area contributed by atoms with Crippen molar-refractivity contribution in [1.82, 2.24) is 0 Å². The zero-order chi connectivity index (χ0) is 51.7. The van der Waals surface area contributed by atoms with E-state index in [4.69, 9.17) is 24.3 Å². The summed E-state index contributed by atoms with van der Waals surface area (Å²) in [5.74, 6) is -0.833. The summed E-state index contributed by atoms with van der Waals surface area (Å²) in [5.41, 5.74) is 5.38. The molecule has 0 aromatic rings. The summed E-state index contributed by atoms with van der Waals surface area (Å²) in [4.78, 5) is 35.1. The zero-order valence-electron chi connectivity index (χ0n) is 46.5. The molecular formula is C61H114NO8P. The molecule has 0 spiro atoms. The molecule has 0 heterocycles. The van der Waals surface area contributed by atoms with Gasteiger partial charge in [0.05, 0.1) is 13.2 Å². The lowest BCUT2D eigenvalue weighted by Gasteiger charge is -2.19. The Balaban J connectivity index is 3.82. The van der Waals surface area contributed by atoms with Crippen molar-refractivity contribution in [2.24, 2.45) is 5.73 Å². The first kappa shape index (κ1) is 69.0. The smallest absolute Gasteiger partial charge is 0.462 e. The molecule has 0 bridgehead atoms. The van der Waals surface area contributed by atoms with Gasteiger partial charge in [-0.05, 0) is 77.0 Å². The summed E-state index contributed by atoms with van der Waals surface area (Å²) in [6.45, 7) is 3.72. The quantitative estimate of drug-likeness (QED) is 0.0264. The maximum absolute atomic E-state index is 12.7. The highest BCUT2D eigenvalue weighted by atomic mass is 31.2. The van der Waals surface area contributed by atoms with E-state index in [0.717, 1.165) is 64.2 Å². The Hall–Kier alpha value is -2.03. The molecule has 71 heavy (non-hydrogen) atoms. The fourth-order valence-corrected chi connectivity index (χ4v) is 9.46. The number of nitrogens with two attached hydrogens (primary N) is 1. The van der Waals surface area contributed by atoms with E-state index in [2.05, 4.69) is 62.5 Å². The minimum absolute atomic E-state index is 0.0520. The van der Waals surface area contributed by atoms with Gasteiger partial charge in [-0.25, -0.2) is 4.57 Å². The van der Waals surface area contributed by atoms with Gasteiger partial charge in [0, 0.05) is 19.4 Å². The Morgan fingerprint density at radius 3 is 1.10 bits per heavy atom. The van der Waals surface area contributed by atoms with Crippen molar-refractivity contribution in [3.05, 3.63) is 48.6 Å². The molecule has 2 atom stereocenters. The van der Waals surface area contributed by atoms with Gasteiger partial charge in [-0.1, -0.05) is 255 Å². The monoisotopic (exact) mass is 1020 g/mol. The van der Waals surface area contributed by atoms with Gasteiger partial charge in [0.1, 0.15) is 6.61 Å². The van der Waals surface area contributed by atoms with Gasteiger partial charge in [-0.3, -0.25) is 18.6 Å². The normalized spacial score (nSPS) is 13.4. The summed E-state index contributed by atoms with van der Waals surface area (Å²) >= 11 is 0. The second-order valence-electron chi connectivity index (χ2n) is 20.2. The van der Waals surface area contributed by atoms with Crippen LogP contribution in [0.15, 0.2) is 48.6 Å². The minimum atomic E-state index is -4.39. The number of hydrogen-bond donors (Lipinski definition) is 2. The van der Waals surface area contributed by atoms with Crippen molar-refractivity contribution in [1.29, 1.82) is 0 Å². The fraction of sp³-hybridized carbons (Fsp3) is 0.836. The van der Waals surface area contributed by atoms with Crippen LogP contribution in [-0.2, 0) is 32.7 Å². The van der Waals surface area contributed by atoms with Gasteiger partial charge in [0.15, 0.2) is 6.10 Å². The van der Waals surface area contributed by atoms with Crippen LogP contribution in [0.2, 0.25) is 0 Å². The van der Waals surface area contributed by atoms with Crippen LogP contribution in [0, 0.1) is 0 Å². The van der Waals surface area contributed by atoms with E-state index in [0.29, 0.717) is 6.42 Å². The predicted octanol–water partition coefficient (Wildman–Crippen LogP) is 19.0. The van der Waals surface area contributed by atoms with E-state index in [-0.39, 0.29) is 32.6 Å². The van der Waals surface area contributed by atoms with Crippen LogP contribution in [0.5, 0.6) is 0 Å². The highest BCUT2D eigenvalue weighted by Gasteiger charge is 2.26. The van der Waals surface area contributed by atoms with Gasteiger partial charge in [-0.2, -0.15) is 0 Å². The lowest BCUT2D eigenvalue weighted by atomic mass is 10.0. The maximum atomic E-state index is 12.7. The highest BCUT2D eigenvalue weighted by Crippen LogP contribution is 2.43. The van der Waals surface area contributed by atoms with E-state index in [9.17, 15) is 19.0 Å². The molecule has 9 nitrogen and oxygen atoms in total. The number of allylic oxidation sites excluding steroid dienone is 8. The third-order valence-corrected chi connectivity index (χ3v) is 14.2. The molecule has 10 heteroatoms. The van der Waals surface area contributed by atoms with E-state index < -0.39 is 32.5 Å². The van der Waals surface area contributed by atoms with Crippen LogP contribution in [0.4, 0.5) is 0 Å². The Kier molecular flexibility index (Phi) is 55.6. The molecule has 0 amide bonds. The van der Waals surface area contributed by atoms with Crippen molar-refractivity contribution in [2.45, 2.75) is 302 Å². The van der Waals surface area contributed by atoms with Crippen LogP contribution >= 0.6 is 7.82 Å². The molecule has 0 fully saturated rings. The summed E-state index contributed by atoms with van der Waals surface area (Å²) in [5, 5.41) is 0. The number of unbranched alkanes of at least 4 members (excludes halogenated alkanes) is 36. The van der Waals surface area contributed by atoms with Crippen molar-refractivity contribution in [3.63, 3.8) is 0 Å². The molecule has 0 aliphatic rings. The van der Waals surface area contributed by atoms with Gasteiger partial charge in [0.25, 0.3) is 0 Å². The van der Waals surface area contributed by atoms with Gasteiger partial charge in [0.2, 0.25) is 0 Å². The molecular weight excluding hydrogens is 906 g/mol. The molecule has 0 aliphatic heterocycles. The first-order valence-electron chi connectivity index (χ1n) is 30.1. The van der Waals surface area contributed by atoms with Crippen LogP contribution in [0.3, 0.4) is 0 Å². The second kappa shape index (κ2) is 57.3. The lowest BCUT2D eigenvalue weighted by Crippen LogP contribution is -2.29. The highest BCUT2D eigenvalue weighted by molar-refractivity contribution is 7.47. The molecule has 416 valence electrons. The van der Waals surface area contributed by atoms with Gasteiger partial charge >= 0.3 is 19.8 Å². The second-order valence-corrected chi connectivity index (χ2v) is 21.7. The largest absolute Gasteiger partial charge is 0.472 e. The Morgan fingerprint density at radius 2 is 0.732 bits per heavy atom. The zero-order valence-corrected chi connectivity index (χ0v) is 47.4. The summed E-state index contributed by atoms with van der Waals surface area (Å²) < 4.78 is 33.0. The molecule has 0 aliphatic carbocycles. The molecule has 3 N–H and O–H groups in total. The van der Waals surface area contributed by atoms with E-state index >= 15 is 0 Å². The molecule has 2 unspecified atom stereocenters. The summed E-state index contributed by atoms with van der Waals surface area (Å²) in [6.07, 6.45) is 70.5. The number of carbonyl (C=O) groups excluding carboxylic acids is 2. The number of carbonyl (C=O) groups is 2. The minimum Gasteiger partial charge on any atom is -0.462 e. The molecule has 0 saturated carbocycles. The Bertz CT molecular complexity index is 1300. The van der Waals surface area contributed by atoms with E-state index in [1.165, 1.54) is 199 Å². The van der Waals surface area contributed by atoms with Crippen molar-refractivity contribution >= 4 is 19.8 Å². The molecule has 0 aromatic heterocycles. The third kappa shape index (κ3) is 57.1. The number of rotatable bonds is 57. The van der Waals surface area contributed by atoms with E-state index in [1.54, 1.807) is 0 Å². The average molecular weight is 1020 g/mol. The SMILES string of the molecule is CCCCC/C=C\C/C=C\CCCCCCCC(=O)OCC(COP(=O)(O)OCCN)OC(=O)CCCCCCCCCCCCCCCCCCCCCCCCC/C=C\C/C=C\CCCCCCC. The van der Waals surface area contributed by atoms with Crippen molar-refractivity contribution < 1.29 is 37.6 Å². The molecule has 0 radical (unpaired) electrons. The summed E-state index contributed by atoms with van der Waals surface area (Å²) in [7, 11) is -4.39. The standard InChI is InChI=1S/C61H114NO8P/c1-3-5-7-9-11-13-15-17-19-20-21-22-23-24-25-26-27-28-29-30-31-32-33-34-35-36-37-38-40-42-44-46-48-50-52-54-61(64)70-59(58-69-71(65,66)68-56-55-62)57-67-60(63)53-51-49-47-45-43-41-39-18-16-14-12-10-8-6-4-2/h12,14-15,17-18,20-21,39,59H,3-11,13,16,19,22-38,40-58,62H2,1-2H3,(H,65,66)/b14-12-,17-15-,21-20-,39-18-. The van der Waals surface area contributed by atoms with Crippen LogP contribution in [0.1, 0.15) is 296 Å². The molecule has 0 rings (SSSR count). The third-order valence-electron chi connectivity index (χ3n) is 13.2. The maximum Gasteiger partial charge on any atom is 0.472 e. The molecule has 0 saturated heterocycles. The number of ether oxygens (including phenoxy) is 2. The number of esters is 2. The Morgan fingerprint density at radius 1 is 0.423 bits per heavy atom. The lowest BCUT2D eigenvalue weighted by molar-refractivity contribution is -0.161.